The summed E-state index contributed by atoms with van der Waals surface area (Å²) in [5, 5.41) is 9.36. The van der Waals surface area contributed by atoms with Gasteiger partial charge in [0, 0.05) is 26.2 Å². The summed E-state index contributed by atoms with van der Waals surface area (Å²) < 4.78 is 0. The molecule has 0 aliphatic heterocycles. The van der Waals surface area contributed by atoms with Crippen LogP contribution in [0.3, 0.4) is 0 Å². The van der Waals surface area contributed by atoms with Crippen LogP contribution in [0.1, 0.15) is 99.8 Å². The van der Waals surface area contributed by atoms with Crippen LogP contribution < -0.4 is 39.3 Å². The molecule has 18 heteroatoms. The van der Waals surface area contributed by atoms with Crippen molar-refractivity contribution in [3.63, 3.8) is 0 Å². The van der Waals surface area contributed by atoms with Crippen molar-refractivity contribution in [2.75, 3.05) is 52.4 Å². The number of aryl methyl sites for hydroxylation is 1. The van der Waals surface area contributed by atoms with Crippen molar-refractivity contribution in [2.24, 2.45) is 28.7 Å². The maximum Gasteiger partial charge on any atom is 0.245 e. The highest BCUT2D eigenvalue weighted by atomic mass is 16.2. The Hall–Kier alpha value is -7.25. The third kappa shape index (κ3) is 19.3. The van der Waals surface area contributed by atoms with Crippen molar-refractivity contribution in [3.8, 4) is 0 Å². The number of nitrogens with two attached hydrogens (primary N) is 5. The van der Waals surface area contributed by atoms with E-state index in [0.717, 1.165) is 44.7 Å². The molecule has 18 nitrogen and oxygen atoms in total. The van der Waals surface area contributed by atoms with Gasteiger partial charge in [-0.3, -0.25) is 33.6 Å². The summed E-state index contributed by atoms with van der Waals surface area (Å²) in [6, 6.07) is 31.3. The normalized spacial score (nSPS) is 12.3. The first-order valence-electron chi connectivity index (χ1n) is 27.5. The summed E-state index contributed by atoms with van der Waals surface area (Å²) in [6.07, 6.45) is 5.55. The molecule has 0 radical (unpaired) electrons. The van der Waals surface area contributed by atoms with Crippen molar-refractivity contribution in [3.05, 3.63) is 131 Å². The summed E-state index contributed by atoms with van der Waals surface area (Å²) in [4.78, 5) is 106. The Bertz CT molecular complexity index is 2750. The van der Waals surface area contributed by atoms with Crippen LogP contribution in [0.25, 0.3) is 21.5 Å². The number of amides is 7. The summed E-state index contributed by atoms with van der Waals surface area (Å²) >= 11 is 0. The number of hydrogen-bond donors (Lipinski definition) is 7. The minimum absolute atomic E-state index is 0.000438. The number of carbonyl (C=O) groups excluding carboxylic acids is 7. The third-order valence-electron chi connectivity index (χ3n) is 13.9. The van der Waals surface area contributed by atoms with Crippen molar-refractivity contribution >= 4 is 62.9 Å². The Morgan fingerprint density at radius 1 is 0.487 bits per heavy atom. The first-order chi connectivity index (χ1) is 37.6. The van der Waals surface area contributed by atoms with E-state index in [9.17, 15) is 19.2 Å². The van der Waals surface area contributed by atoms with Gasteiger partial charge in [0.15, 0.2) is 0 Å². The highest BCUT2D eigenvalue weighted by Crippen LogP contribution is 2.24. The van der Waals surface area contributed by atoms with Gasteiger partial charge in [-0.15, -0.1) is 0 Å². The highest BCUT2D eigenvalue weighted by Gasteiger charge is 2.33. The Morgan fingerprint density at radius 2 is 0.949 bits per heavy atom. The summed E-state index contributed by atoms with van der Waals surface area (Å²) in [5.74, 6) is -3.94. The first-order valence-corrected chi connectivity index (χ1v) is 27.5. The SMILES string of the molecule is CCCCN(CC(N)=O)C(=O)CN(Cc1cccc2ccccc12)C(=O)CN(Cc1ccc(C)cc1)C(=O)CN(Cc1cccc2ccccc12)C(=O)[C@H](CCCCN)NC(=O)[C@H](CCCCN)NC(=O)[C@@H](N)CCCCN. The lowest BCUT2D eigenvalue weighted by Crippen LogP contribution is -2.57. The average Bonchev–Trinajstić information content (AvgIpc) is 3.43. The van der Waals surface area contributed by atoms with Crippen LogP contribution in [-0.4, -0.2) is 131 Å². The lowest BCUT2D eigenvalue weighted by atomic mass is 10.0. The molecule has 7 amide bonds. The zero-order valence-corrected chi connectivity index (χ0v) is 45.7. The van der Waals surface area contributed by atoms with Gasteiger partial charge in [-0.2, -0.15) is 0 Å². The van der Waals surface area contributed by atoms with Crippen LogP contribution in [0.5, 0.6) is 0 Å². The maximum absolute atomic E-state index is 15.4. The van der Waals surface area contributed by atoms with Crippen LogP contribution >= 0.6 is 0 Å². The molecule has 420 valence electrons. The molecule has 0 aromatic heterocycles. The third-order valence-corrected chi connectivity index (χ3v) is 13.9. The molecule has 0 aliphatic carbocycles. The van der Waals surface area contributed by atoms with Gasteiger partial charge < -0.3 is 58.9 Å². The molecule has 0 aliphatic rings. The van der Waals surface area contributed by atoms with Crippen molar-refractivity contribution < 1.29 is 33.6 Å². The van der Waals surface area contributed by atoms with Crippen molar-refractivity contribution in [1.29, 1.82) is 0 Å². The summed E-state index contributed by atoms with van der Waals surface area (Å²) in [6.45, 7) is 3.52. The predicted octanol–water partition coefficient (Wildman–Crippen LogP) is 4.49. The number of unbranched alkanes of at least 4 members (excludes halogenated alkanes) is 4. The number of primary amides is 1. The molecule has 0 saturated carbocycles. The molecule has 0 saturated heterocycles. The number of fused-ring (bicyclic) bond motifs is 2. The van der Waals surface area contributed by atoms with E-state index in [1.54, 1.807) is 0 Å². The molecule has 5 rings (SSSR count). The topological polar surface area (TPSA) is 287 Å². The summed E-state index contributed by atoms with van der Waals surface area (Å²) in [5.41, 5.74) is 32.5. The number of carbonyl (C=O) groups is 7. The van der Waals surface area contributed by atoms with E-state index in [1.807, 2.05) is 123 Å². The fraction of sp³-hybridized carbons (Fsp3) is 0.450. The van der Waals surface area contributed by atoms with Gasteiger partial charge in [0.05, 0.1) is 12.6 Å². The number of rotatable bonds is 34. The van der Waals surface area contributed by atoms with E-state index < -0.39 is 79.1 Å². The molecule has 5 aromatic carbocycles. The van der Waals surface area contributed by atoms with Crippen LogP contribution in [0.15, 0.2) is 109 Å². The van der Waals surface area contributed by atoms with E-state index in [-0.39, 0.29) is 45.6 Å². The smallest absolute Gasteiger partial charge is 0.245 e. The lowest BCUT2D eigenvalue weighted by Gasteiger charge is -2.33. The lowest BCUT2D eigenvalue weighted by molar-refractivity contribution is -0.148. The van der Waals surface area contributed by atoms with E-state index in [0.29, 0.717) is 76.6 Å². The second-order valence-electron chi connectivity index (χ2n) is 20.2. The monoisotopic (exact) mass is 1070 g/mol. The standard InChI is InChI=1S/C60H83N11O7/c1-3-4-35-68(39-54(65)72)55(73)40-70(37-47-21-15-19-45-17-5-7-23-49(45)47)56(74)41-69(36-44-30-28-43(2)29-31-44)57(75)42-71(38-48-22-16-20-46-18-6-8-24-50(46)48)60(78)53(27-11-14-34-63)67-59(77)52(26-10-13-33-62)66-58(76)51(64)25-9-12-32-61/h5-8,15-24,28-31,51-53H,3-4,9-14,25-27,32-42,61-64H2,1-2H3,(H2,65,72)(H,66,76)(H,67,77)/t51-,52-,53-/m0/s1. The fourth-order valence-corrected chi connectivity index (χ4v) is 9.40. The van der Waals surface area contributed by atoms with E-state index >= 15 is 14.4 Å². The van der Waals surface area contributed by atoms with Crippen molar-refractivity contribution in [1.82, 2.24) is 30.2 Å². The van der Waals surface area contributed by atoms with Crippen LogP contribution in [0.2, 0.25) is 0 Å². The summed E-state index contributed by atoms with van der Waals surface area (Å²) in [7, 11) is 0. The molecule has 78 heavy (non-hydrogen) atoms. The van der Waals surface area contributed by atoms with Gasteiger partial charge in [0.1, 0.15) is 31.7 Å². The van der Waals surface area contributed by atoms with Gasteiger partial charge >= 0.3 is 0 Å². The quantitative estimate of drug-likeness (QED) is 0.0282. The highest BCUT2D eigenvalue weighted by molar-refractivity contribution is 5.96. The molecule has 0 bridgehead atoms. The first kappa shape index (κ1) is 61.6. The van der Waals surface area contributed by atoms with Crippen LogP contribution in [-0.2, 0) is 53.2 Å². The van der Waals surface area contributed by atoms with E-state index in [4.69, 9.17) is 28.7 Å². The van der Waals surface area contributed by atoms with Crippen molar-refractivity contribution in [2.45, 2.75) is 122 Å². The molecular weight excluding hydrogens is 987 g/mol. The number of nitrogens with zero attached hydrogens (tertiary/aromatic N) is 4. The Labute approximate surface area is 459 Å². The molecule has 5 aromatic rings. The predicted molar refractivity (Wildman–Crippen MR) is 307 cm³/mol. The zero-order valence-electron chi connectivity index (χ0n) is 45.7. The van der Waals surface area contributed by atoms with Gasteiger partial charge in [0.25, 0.3) is 0 Å². The molecule has 0 unspecified atom stereocenters. The Kier molecular flexibility index (Phi) is 25.7. The Balaban J connectivity index is 1.55. The van der Waals surface area contributed by atoms with Gasteiger partial charge in [0.2, 0.25) is 41.4 Å². The molecule has 12 N–H and O–H groups in total. The van der Waals surface area contributed by atoms with Gasteiger partial charge in [-0.25, -0.2) is 0 Å². The molecular formula is C60H83N11O7. The minimum atomic E-state index is -1.16. The van der Waals surface area contributed by atoms with Crippen LogP contribution in [0, 0.1) is 6.92 Å². The molecule has 3 atom stereocenters. The average molecular weight is 1070 g/mol. The van der Waals surface area contributed by atoms with E-state index in [1.165, 1.54) is 19.6 Å². The second-order valence-corrected chi connectivity index (χ2v) is 20.2. The van der Waals surface area contributed by atoms with Crippen LogP contribution in [0.4, 0.5) is 0 Å². The zero-order chi connectivity index (χ0) is 56.4. The number of nitrogens with one attached hydrogen (secondary N) is 2. The number of hydrogen-bond acceptors (Lipinski definition) is 11. The number of benzene rings is 5. The minimum Gasteiger partial charge on any atom is -0.368 e. The van der Waals surface area contributed by atoms with E-state index in [2.05, 4.69) is 10.6 Å². The Morgan fingerprint density at radius 3 is 1.49 bits per heavy atom. The largest absolute Gasteiger partial charge is 0.368 e. The molecule has 0 heterocycles. The van der Waals surface area contributed by atoms with Gasteiger partial charge in [-0.1, -0.05) is 135 Å². The maximum atomic E-state index is 15.4. The van der Waals surface area contributed by atoms with Gasteiger partial charge in [-0.05, 0) is 123 Å². The fourth-order valence-electron chi connectivity index (χ4n) is 9.40. The second kappa shape index (κ2) is 32.5. The molecule has 0 fully saturated rings. The molecule has 0 spiro atoms.